The van der Waals surface area contributed by atoms with Crippen molar-refractivity contribution < 1.29 is 14.0 Å². The van der Waals surface area contributed by atoms with Crippen LogP contribution in [0.1, 0.15) is 28.8 Å². The third-order valence-corrected chi connectivity index (χ3v) is 3.18. The molecular weight excluding hydrogens is 309 g/mol. The maximum atomic E-state index is 12.7. The van der Waals surface area contributed by atoms with Gasteiger partial charge in [0.25, 0.3) is 5.91 Å². The third-order valence-electron chi connectivity index (χ3n) is 3.18. The summed E-state index contributed by atoms with van der Waals surface area (Å²) < 4.78 is 12.7. The Morgan fingerprint density at radius 3 is 2.46 bits per heavy atom. The van der Waals surface area contributed by atoms with Gasteiger partial charge >= 0.3 is 0 Å². The molecule has 2 N–H and O–H groups in total. The van der Waals surface area contributed by atoms with Crippen LogP contribution in [0, 0.1) is 5.82 Å². The fraction of sp³-hybridized carbons (Fsp3) is 0.167. The topological polar surface area (TPSA) is 70.6 Å². The molecule has 0 bridgehead atoms. The normalized spacial score (nSPS) is 10.5. The first-order chi connectivity index (χ1) is 11.6. The minimum absolute atomic E-state index is 0.162. The smallest absolute Gasteiger partial charge is 0.251 e. The maximum absolute atomic E-state index is 12.7. The number of hydrazone groups is 1. The Labute approximate surface area is 139 Å². The number of hydrogen-bond acceptors (Lipinski definition) is 3. The molecule has 0 unspecified atom stereocenters. The van der Waals surface area contributed by atoms with Crippen molar-refractivity contribution in [1.29, 1.82) is 0 Å². The van der Waals surface area contributed by atoms with Crippen LogP contribution in [0.2, 0.25) is 0 Å². The number of amides is 2. The lowest BCUT2D eigenvalue weighted by atomic mass is 10.2. The quantitative estimate of drug-likeness (QED) is 0.466. The van der Waals surface area contributed by atoms with E-state index in [-0.39, 0.29) is 24.1 Å². The molecule has 0 heterocycles. The Balaban J connectivity index is 1.63. The fourth-order valence-electron chi connectivity index (χ4n) is 1.93. The highest BCUT2D eigenvalue weighted by Gasteiger charge is 2.04. The van der Waals surface area contributed by atoms with E-state index in [2.05, 4.69) is 15.8 Å². The molecule has 2 amide bonds. The minimum Gasteiger partial charge on any atom is -0.352 e. The summed E-state index contributed by atoms with van der Waals surface area (Å²) in [4.78, 5) is 23.4. The molecule has 0 saturated carbocycles. The number of benzene rings is 2. The van der Waals surface area contributed by atoms with E-state index in [1.165, 1.54) is 18.3 Å². The van der Waals surface area contributed by atoms with E-state index < -0.39 is 0 Å². The first kappa shape index (κ1) is 17.3. The molecule has 0 aliphatic rings. The van der Waals surface area contributed by atoms with Crippen molar-refractivity contribution in [3.63, 3.8) is 0 Å². The van der Waals surface area contributed by atoms with Gasteiger partial charge in [-0.1, -0.05) is 30.3 Å². The summed E-state index contributed by atoms with van der Waals surface area (Å²) in [7, 11) is 0. The minimum atomic E-state index is -0.325. The van der Waals surface area contributed by atoms with Crippen molar-refractivity contribution in [1.82, 2.24) is 10.7 Å². The molecule has 0 atom stereocenters. The summed E-state index contributed by atoms with van der Waals surface area (Å²) in [5, 5.41) is 6.55. The largest absolute Gasteiger partial charge is 0.352 e. The molecule has 2 aromatic carbocycles. The van der Waals surface area contributed by atoms with E-state index in [0.717, 1.165) is 0 Å². The number of hydrogen-bond donors (Lipinski definition) is 2. The second-order valence-corrected chi connectivity index (χ2v) is 5.07. The van der Waals surface area contributed by atoms with Crippen molar-refractivity contribution in [3.8, 4) is 0 Å². The Hall–Kier alpha value is -3.02. The van der Waals surface area contributed by atoms with Crippen molar-refractivity contribution in [3.05, 3.63) is 71.5 Å². The molecule has 5 nitrogen and oxygen atoms in total. The Morgan fingerprint density at radius 1 is 1.04 bits per heavy atom. The van der Waals surface area contributed by atoms with Crippen molar-refractivity contribution >= 4 is 18.0 Å². The van der Waals surface area contributed by atoms with E-state index >= 15 is 0 Å². The first-order valence-electron chi connectivity index (χ1n) is 7.56. The average Bonchev–Trinajstić information content (AvgIpc) is 2.61. The van der Waals surface area contributed by atoms with Crippen LogP contribution in [0.25, 0.3) is 0 Å². The van der Waals surface area contributed by atoms with Gasteiger partial charge < -0.3 is 5.32 Å². The van der Waals surface area contributed by atoms with Gasteiger partial charge in [0.2, 0.25) is 5.91 Å². The number of carbonyl (C=O) groups excluding carboxylic acids is 2. The van der Waals surface area contributed by atoms with Gasteiger partial charge in [-0.05, 0) is 36.2 Å². The van der Waals surface area contributed by atoms with Gasteiger partial charge in [0, 0.05) is 18.5 Å². The highest BCUT2D eigenvalue weighted by atomic mass is 19.1. The SMILES string of the molecule is O=C(CCCNC(=O)c1ccccc1)NN=Cc1ccc(F)cc1. The Bertz CT molecular complexity index is 700. The lowest BCUT2D eigenvalue weighted by Crippen LogP contribution is -2.26. The molecule has 0 aliphatic heterocycles. The molecule has 24 heavy (non-hydrogen) atoms. The Morgan fingerprint density at radius 2 is 1.75 bits per heavy atom. The maximum Gasteiger partial charge on any atom is 0.251 e. The summed E-state index contributed by atoms with van der Waals surface area (Å²) in [6.45, 7) is 0.406. The van der Waals surface area contributed by atoms with Gasteiger partial charge in [-0.2, -0.15) is 5.10 Å². The fourth-order valence-corrected chi connectivity index (χ4v) is 1.93. The molecule has 2 aromatic rings. The van der Waals surface area contributed by atoms with E-state index in [9.17, 15) is 14.0 Å². The Kier molecular flexibility index (Phi) is 6.64. The van der Waals surface area contributed by atoms with Crippen LogP contribution in [0.3, 0.4) is 0 Å². The zero-order valence-corrected chi connectivity index (χ0v) is 13.0. The van der Waals surface area contributed by atoms with E-state index in [0.29, 0.717) is 24.1 Å². The van der Waals surface area contributed by atoms with Crippen LogP contribution in [0.5, 0.6) is 0 Å². The lowest BCUT2D eigenvalue weighted by molar-refractivity contribution is -0.121. The molecule has 0 spiro atoms. The third kappa shape index (κ3) is 6.00. The highest BCUT2D eigenvalue weighted by Crippen LogP contribution is 2.00. The molecule has 6 heteroatoms. The van der Waals surface area contributed by atoms with Gasteiger partial charge in [-0.15, -0.1) is 0 Å². The van der Waals surface area contributed by atoms with E-state index in [1.54, 1.807) is 36.4 Å². The van der Waals surface area contributed by atoms with Crippen LogP contribution in [-0.2, 0) is 4.79 Å². The number of nitrogens with zero attached hydrogens (tertiary/aromatic N) is 1. The van der Waals surface area contributed by atoms with Crippen LogP contribution in [0.15, 0.2) is 59.7 Å². The molecule has 0 radical (unpaired) electrons. The van der Waals surface area contributed by atoms with Gasteiger partial charge in [0.1, 0.15) is 5.82 Å². The van der Waals surface area contributed by atoms with Crippen LogP contribution >= 0.6 is 0 Å². The molecule has 0 saturated heterocycles. The van der Waals surface area contributed by atoms with Crippen LogP contribution < -0.4 is 10.7 Å². The van der Waals surface area contributed by atoms with Gasteiger partial charge in [-0.3, -0.25) is 9.59 Å². The second-order valence-electron chi connectivity index (χ2n) is 5.07. The summed E-state index contributed by atoms with van der Waals surface area (Å²) in [6.07, 6.45) is 2.20. The highest BCUT2D eigenvalue weighted by molar-refractivity contribution is 5.94. The zero-order chi connectivity index (χ0) is 17.2. The van der Waals surface area contributed by atoms with Gasteiger partial charge in [0.15, 0.2) is 0 Å². The zero-order valence-electron chi connectivity index (χ0n) is 13.0. The predicted octanol–water partition coefficient (Wildman–Crippen LogP) is 2.49. The molecule has 0 fully saturated rings. The summed E-state index contributed by atoms with van der Waals surface area (Å²) in [5.74, 6) is -0.735. The van der Waals surface area contributed by atoms with E-state index in [4.69, 9.17) is 0 Å². The van der Waals surface area contributed by atoms with Gasteiger partial charge in [-0.25, -0.2) is 9.82 Å². The van der Waals surface area contributed by atoms with Crippen molar-refractivity contribution in [2.24, 2.45) is 5.10 Å². The summed E-state index contributed by atoms with van der Waals surface area (Å²) >= 11 is 0. The summed E-state index contributed by atoms with van der Waals surface area (Å²) in [5.41, 5.74) is 3.67. The van der Waals surface area contributed by atoms with Crippen LogP contribution in [0.4, 0.5) is 4.39 Å². The number of nitrogens with one attached hydrogen (secondary N) is 2. The van der Waals surface area contributed by atoms with Crippen molar-refractivity contribution in [2.75, 3.05) is 6.54 Å². The average molecular weight is 327 g/mol. The molecular formula is C18H18FN3O2. The number of rotatable bonds is 7. The standard InChI is InChI=1S/C18H18FN3O2/c19-16-10-8-14(9-11-16)13-21-22-17(23)7-4-12-20-18(24)15-5-2-1-3-6-15/h1-3,5-6,8-11,13H,4,7,12H2,(H,20,24)(H,22,23). The van der Waals surface area contributed by atoms with Crippen LogP contribution in [-0.4, -0.2) is 24.6 Å². The monoisotopic (exact) mass is 327 g/mol. The molecule has 0 aliphatic carbocycles. The van der Waals surface area contributed by atoms with E-state index in [1.807, 2.05) is 6.07 Å². The first-order valence-corrected chi connectivity index (χ1v) is 7.56. The summed E-state index contributed by atoms with van der Waals surface area (Å²) in [6, 6.07) is 14.6. The molecule has 0 aromatic heterocycles. The van der Waals surface area contributed by atoms with Gasteiger partial charge in [0.05, 0.1) is 6.21 Å². The predicted molar refractivity (Wildman–Crippen MR) is 90.1 cm³/mol. The second kappa shape index (κ2) is 9.19. The van der Waals surface area contributed by atoms with Crippen molar-refractivity contribution in [2.45, 2.75) is 12.8 Å². The molecule has 2 rings (SSSR count). The number of halogens is 1. The lowest BCUT2D eigenvalue weighted by Gasteiger charge is -2.04. The molecule has 124 valence electrons. The number of carbonyl (C=O) groups is 2.